The number of aromatic nitrogens is 1. The SMILES string of the molecule is CC(C)(C)c1cccc(-c2ccc(-c3cc(-c4cccc5ccccc45)c4nc(-c5ccccc5N=Cc5cc(C(C)(C)C)ccc5O)oc4c3)cc2)c1. The van der Waals surface area contributed by atoms with Gasteiger partial charge in [0.2, 0.25) is 5.89 Å². The molecule has 0 spiro atoms. The minimum Gasteiger partial charge on any atom is -0.507 e. The van der Waals surface area contributed by atoms with E-state index in [1.807, 2.05) is 36.4 Å². The highest BCUT2D eigenvalue weighted by Crippen LogP contribution is 2.41. The molecule has 4 heteroatoms. The Balaban J connectivity index is 1.24. The van der Waals surface area contributed by atoms with Gasteiger partial charge in [-0.05, 0) is 96.9 Å². The molecule has 54 heavy (non-hydrogen) atoms. The molecule has 1 heterocycles. The monoisotopic (exact) mass is 704 g/mol. The van der Waals surface area contributed by atoms with Crippen molar-refractivity contribution in [3.8, 4) is 50.6 Å². The van der Waals surface area contributed by atoms with Crippen molar-refractivity contribution >= 4 is 33.8 Å². The molecule has 0 amide bonds. The van der Waals surface area contributed by atoms with Gasteiger partial charge in [0.25, 0.3) is 0 Å². The van der Waals surface area contributed by atoms with Crippen LogP contribution in [0.2, 0.25) is 0 Å². The second kappa shape index (κ2) is 13.6. The Kier molecular flexibility index (Phi) is 8.78. The molecule has 8 aromatic rings. The van der Waals surface area contributed by atoms with Crippen LogP contribution in [0.25, 0.3) is 66.7 Å². The highest BCUT2D eigenvalue weighted by Gasteiger charge is 2.20. The van der Waals surface area contributed by atoms with Gasteiger partial charge in [0.1, 0.15) is 11.3 Å². The maximum absolute atomic E-state index is 10.7. The average molecular weight is 705 g/mol. The lowest BCUT2D eigenvalue weighted by Crippen LogP contribution is -2.11. The summed E-state index contributed by atoms with van der Waals surface area (Å²) < 4.78 is 6.67. The van der Waals surface area contributed by atoms with Crippen molar-refractivity contribution in [2.45, 2.75) is 52.4 Å². The summed E-state index contributed by atoms with van der Waals surface area (Å²) in [5.74, 6) is 0.669. The summed E-state index contributed by atoms with van der Waals surface area (Å²) in [5, 5.41) is 13.0. The lowest BCUT2D eigenvalue weighted by atomic mass is 9.85. The van der Waals surface area contributed by atoms with Gasteiger partial charge in [0, 0.05) is 17.3 Å². The largest absolute Gasteiger partial charge is 0.507 e. The van der Waals surface area contributed by atoms with Gasteiger partial charge in [-0.15, -0.1) is 0 Å². The fourth-order valence-corrected chi connectivity index (χ4v) is 7.03. The van der Waals surface area contributed by atoms with Gasteiger partial charge < -0.3 is 9.52 Å². The van der Waals surface area contributed by atoms with Crippen molar-refractivity contribution in [1.82, 2.24) is 4.98 Å². The zero-order valence-electron chi connectivity index (χ0n) is 31.7. The summed E-state index contributed by atoms with van der Waals surface area (Å²) in [6.07, 6.45) is 1.72. The molecule has 0 saturated carbocycles. The van der Waals surface area contributed by atoms with Crippen molar-refractivity contribution in [3.05, 3.63) is 162 Å². The molecule has 8 rings (SSSR count). The molecule has 0 aliphatic carbocycles. The molecule has 1 aromatic heterocycles. The molecule has 0 aliphatic heterocycles. The number of aromatic hydroxyl groups is 1. The van der Waals surface area contributed by atoms with Gasteiger partial charge in [-0.3, -0.25) is 4.99 Å². The van der Waals surface area contributed by atoms with Crippen LogP contribution >= 0.6 is 0 Å². The zero-order chi connectivity index (χ0) is 37.6. The van der Waals surface area contributed by atoms with Crippen LogP contribution in [0.3, 0.4) is 0 Å². The summed E-state index contributed by atoms with van der Waals surface area (Å²) in [4.78, 5) is 10.0. The number of para-hydroxylation sites is 1. The lowest BCUT2D eigenvalue weighted by Gasteiger charge is -2.20. The number of phenols is 1. The number of hydrogen-bond acceptors (Lipinski definition) is 4. The van der Waals surface area contributed by atoms with Crippen LogP contribution in [0.1, 0.15) is 58.2 Å². The van der Waals surface area contributed by atoms with Gasteiger partial charge in [-0.2, -0.15) is 0 Å². The number of oxazole rings is 1. The molecular formula is C50H44N2O2. The number of nitrogens with zero attached hydrogens (tertiary/aromatic N) is 2. The Hall–Kier alpha value is -6.26. The molecule has 0 atom stereocenters. The Morgan fingerprint density at radius 1 is 0.556 bits per heavy atom. The minimum atomic E-state index is -0.0624. The first-order chi connectivity index (χ1) is 25.9. The first kappa shape index (κ1) is 34.8. The molecule has 0 saturated heterocycles. The number of rotatable bonds is 6. The average Bonchev–Trinajstić information content (AvgIpc) is 3.61. The van der Waals surface area contributed by atoms with Crippen molar-refractivity contribution in [2.24, 2.45) is 4.99 Å². The van der Waals surface area contributed by atoms with Gasteiger partial charge in [-0.1, -0.05) is 151 Å². The third-order valence-corrected chi connectivity index (χ3v) is 10.2. The van der Waals surface area contributed by atoms with Crippen LogP contribution in [0.5, 0.6) is 5.75 Å². The number of hydrogen-bond donors (Lipinski definition) is 1. The number of fused-ring (bicyclic) bond motifs is 2. The lowest BCUT2D eigenvalue weighted by molar-refractivity contribution is 0.473. The van der Waals surface area contributed by atoms with Crippen molar-refractivity contribution < 1.29 is 9.52 Å². The Morgan fingerprint density at radius 2 is 1.20 bits per heavy atom. The molecule has 7 aromatic carbocycles. The van der Waals surface area contributed by atoms with Crippen LogP contribution in [-0.2, 0) is 10.8 Å². The summed E-state index contributed by atoms with van der Waals surface area (Å²) >= 11 is 0. The van der Waals surface area contributed by atoms with Crippen LogP contribution < -0.4 is 0 Å². The van der Waals surface area contributed by atoms with E-state index in [1.165, 1.54) is 16.7 Å². The molecule has 0 radical (unpaired) electrons. The highest BCUT2D eigenvalue weighted by atomic mass is 16.3. The maximum atomic E-state index is 10.7. The molecule has 0 bridgehead atoms. The molecule has 266 valence electrons. The number of benzene rings is 7. The number of phenolic OH excluding ortho intramolecular Hbond substituents is 1. The van der Waals surface area contributed by atoms with E-state index in [0.29, 0.717) is 22.7 Å². The zero-order valence-corrected chi connectivity index (χ0v) is 31.7. The van der Waals surface area contributed by atoms with Gasteiger partial charge in [-0.25, -0.2) is 4.98 Å². The Morgan fingerprint density at radius 3 is 1.98 bits per heavy atom. The van der Waals surface area contributed by atoms with Crippen molar-refractivity contribution in [1.29, 1.82) is 0 Å². The molecule has 4 nitrogen and oxygen atoms in total. The molecule has 0 fully saturated rings. The van der Waals surface area contributed by atoms with Crippen LogP contribution in [0, 0.1) is 0 Å². The molecule has 0 unspecified atom stereocenters. The summed E-state index contributed by atoms with van der Waals surface area (Å²) in [6, 6.07) is 50.4. The highest BCUT2D eigenvalue weighted by molar-refractivity contribution is 6.05. The second-order valence-electron chi connectivity index (χ2n) is 16.1. The predicted octanol–water partition coefficient (Wildman–Crippen LogP) is 13.7. The van der Waals surface area contributed by atoms with E-state index in [4.69, 9.17) is 14.4 Å². The number of aliphatic imine (C=N–C) groups is 1. The summed E-state index contributed by atoms with van der Waals surface area (Å²) in [7, 11) is 0. The standard InChI is InChI=1S/C50H44N2O2/c1-49(2,3)38-16-11-15-35(27-38)32-21-23-33(24-22-32)36-29-43(41-19-12-14-34-13-7-8-17-40(34)41)47-46(30-36)54-48(52-47)42-18-9-10-20-44(42)51-31-37-28-39(50(4,5)6)25-26-45(37)53/h7-31,53H,1-6H3. The third-order valence-electron chi connectivity index (χ3n) is 10.2. The summed E-state index contributed by atoms with van der Waals surface area (Å²) in [6.45, 7) is 13.2. The Bertz CT molecular complexity index is 2680. The first-order valence-electron chi connectivity index (χ1n) is 18.5. The molecular weight excluding hydrogens is 661 g/mol. The second-order valence-corrected chi connectivity index (χ2v) is 16.1. The third kappa shape index (κ3) is 6.83. The minimum absolute atomic E-state index is 0.0624. The van der Waals surface area contributed by atoms with Gasteiger partial charge >= 0.3 is 0 Å². The van der Waals surface area contributed by atoms with Gasteiger partial charge in [0.05, 0.1) is 11.3 Å². The van der Waals surface area contributed by atoms with E-state index in [2.05, 4.69) is 145 Å². The first-order valence-corrected chi connectivity index (χ1v) is 18.5. The van der Waals surface area contributed by atoms with E-state index in [0.717, 1.165) is 49.7 Å². The Labute approximate surface area is 317 Å². The quantitative estimate of drug-likeness (QED) is 0.175. The fraction of sp³-hybridized carbons (Fsp3) is 0.160. The maximum Gasteiger partial charge on any atom is 0.229 e. The van der Waals surface area contributed by atoms with Crippen LogP contribution in [0.4, 0.5) is 5.69 Å². The van der Waals surface area contributed by atoms with E-state index in [-0.39, 0.29) is 16.6 Å². The normalized spacial score (nSPS) is 12.3. The topological polar surface area (TPSA) is 58.6 Å². The van der Waals surface area contributed by atoms with E-state index < -0.39 is 0 Å². The predicted molar refractivity (Wildman–Crippen MR) is 226 cm³/mol. The molecule has 1 N–H and O–H groups in total. The van der Waals surface area contributed by atoms with E-state index in [1.54, 1.807) is 12.3 Å². The van der Waals surface area contributed by atoms with Crippen LogP contribution in [0.15, 0.2) is 155 Å². The fourth-order valence-electron chi connectivity index (χ4n) is 7.03. The summed E-state index contributed by atoms with van der Waals surface area (Å²) in [5.41, 5.74) is 12.7. The smallest absolute Gasteiger partial charge is 0.229 e. The van der Waals surface area contributed by atoms with Crippen molar-refractivity contribution in [3.63, 3.8) is 0 Å². The van der Waals surface area contributed by atoms with E-state index >= 15 is 0 Å². The van der Waals surface area contributed by atoms with E-state index in [9.17, 15) is 5.11 Å². The van der Waals surface area contributed by atoms with Crippen molar-refractivity contribution in [2.75, 3.05) is 0 Å². The van der Waals surface area contributed by atoms with Gasteiger partial charge in [0.15, 0.2) is 5.58 Å². The molecule has 0 aliphatic rings. The van der Waals surface area contributed by atoms with Crippen LogP contribution in [-0.4, -0.2) is 16.3 Å².